The van der Waals surface area contributed by atoms with Crippen LogP contribution < -0.4 is 22.9 Å². The molecule has 0 radical (unpaired) electrons. The highest BCUT2D eigenvalue weighted by atomic mass is 31.2. The number of imidazole rings is 4. The monoisotopic (exact) mass is 1380 g/mol. The molecule has 4 aliphatic rings. The molecule has 8 aromatic rings. The first-order chi connectivity index (χ1) is 43.7. The summed E-state index contributed by atoms with van der Waals surface area (Å²) in [4.78, 5) is 101. The third kappa shape index (κ3) is 13.2. The van der Waals surface area contributed by atoms with Gasteiger partial charge in [0.15, 0.2) is 70.8 Å². The van der Waals surface area contributed by atoms with Crippen molar-refractivity contribution in [1.82, 2.24) is 78.1 Å². The number of anilines is 4. The molecule has 4 saturated heterocycles. The predicted molar refractivity (Wildman–Crippen MR) is 299 cm³/mol. The fourth-order valence-electron chi connectivity index (χ4n) is 10.6. The summed E-state index contributed by atoms with van der Waals surface area (Å²) in [6, 6.07) is 0. The minimum Gasteiger partial charge on any atom is -0.387 e. The van der Waals surface area contributed by atoms with Gasteiger partial charge >= 0.3 is 30.6 Å². The lowest BCUT2D eigenvalue weighted by molar-refractivity contribution is -0.0662. The molecule has 0 aromatic carbocycles. The number of aromatic nitrogens is 16. The summed E-state index contributed by atoms with van der Waals surface area (Å²) in [6.07, 6.45) is -21.3. The van der Waals surface area contributed by atoms with Crippen LogP contribution >= 0.6 is 30.6 Å². The standard InChI is InChI=1S/C43H56N20O25P4/c44-32-20-36(52-5-48-32)60(9-56-20)40-28(68)24(64)16(82-40)1-79-14-90(72,73)86-29-25(65)18(83-41(29)61-10-57-21-33(45)49-6-53-37(21)61)3-80-15-91(74,75)87-30-27(67)19(85-42(30)62-11-58-22-34(46)50-7-54-38(22)62)4-81-92(76,77)88-31-26(66)17(2-78-13-89(69,70)71)84-43(31)63-12-59-23-35(47)51-8-55-39(23)63/h5-12,16-19,24-31,40-43,64-68H,1-4,13-15H2,(H,72,73)(H,74,75)(H,76,77)(H2,44,48,52)(H2,45,49,53)(H2,46,50,54)(H2,47,51,55)(H2,69,70,71)/t16-,17-,18-,19-,24+,25+,26+,27-,28-,29-,30-,31-,40-,41-,42-,43-/m1/s1. The maximum absolute atomic E-state index is 14.1. The van der Waals surface area contributed by atoms with Gasteiger partial charge in [0, 0.05) is 0 Å². The van der Waals surface area contributed by atoms with Crippen LogP contribution in [0.5, 0.6) is 0 Å². The number of rotatable bonds is 25. The summed E-state index contributed by atoms with van der Waals surface area (Å²) in [5.74, 6) is -0.240. The highest BCUT2D eigenvalue weighted by Crippen LogP contribution is 2.54. The van der Waals surface area contributed by atoms with Crippen LogP contribution in [0.25, 0.3) is 44.7 Å². The number of hydrogen-bond donors (Lipinski definition) is 14. The molecule has 92 heavy (non-hydrogen) atoms. The quantitative estimate of drug-likeness (QED) is 0.0241. The first-order valence-corrected chi connectivity index (χ1v) is 33.7. The molecule has 18 N–H and O–H groups in total. The number of ether oxygens (including phenoxy) is 7. The van der Waals surface area contributed by atoms with E-state index in [-0.39, 0.29) is 67.9 Å². The molecule has 45 nitrogen and oxygen atoms in total. The van der Waals surface area contributed by atoms with Gasteiger partial charge in [-0.15, -0.1) is 0 Å². The molecule has 19 atom stereocenters. The number of phosphoric acid groups is 1. The molecule has 4 aliphatic heterocycles. The first kappa shape index (κ1) is 65.5. The van der Waals surface area contributed by atoms with Crippen molar-refractivity contribution in [3.8, 4) is 0 Å². The average Bonchev–Trinajstić information content (AvgIpc) is 1.64. The second-order valence-electron chi connectivity index (χ2n) is 21.0. The third-order valence-corrected chi connectivity index (χ3v) is 18.4. The van der Waals surface area contributed by atoms with Crippen LogP contribution in [0.2, 0.25) is 0 Å². The lowest BCUT2D eigenvalue weighted by atomic mass is 10.1. The second-order valence-corrected chi connectivity index (χ2v) is 27.4. The van der Waals surface area contributed by atoms with Crippen molar-refractivity contribution in [2.24, 2.45) is 0 Å². The summed E-state index contributed by atoms with van der Waals surface area (Å²) >= 11 is 0. The smallest absolute Gasteiger partial charge is 0.387 e. The van der Waals surface area contributed by atoms with Gasteiger partial charge in [0.25, 0.3) is 0 Å². The van der Waals surface area contributed by atoms with Gasteiger partial charge in [-0.3, -0.25) is 50.1 Å². The minimum absolute atomic E-state index is 0.00200. The Kier molecular flexibility index (Phi) is 18.3. The summed E-state index contributed by atoms with van der Waals surface area (Å²) in [7, 11) is -20.3. The number of aliphatic hydroxyl groups is 5. The molecule has 49 heteroatoms. The number of fused-ring (bicyclic) bond motifs is 4. The Hall–Kier alpha value is -6.52. The van der Waals surface area contributed by atoms with Crippen molar-refractivity contribution in [2.75, 3.05) is 68.4 Å². The van der Waals surface area contributed by atoms with Crippen LogP contribution in [-0.4, -0.2) is 247 Å². The second kappa shape index (κ2) is 25.7. The summed E-state index contributed by atoms with van der Waals surface area (Å²) in [5, 5.41) is 56.8. The van der Waals surface area contributed by atoms with Crippen molar-refractivity contribution in [2.45, 2.75) is 98.2 Å². The molecule has 0 aliphatic carbocycles. The largest absolute Gasteiger partial charge is 0.472 e. The number of hydrogen-bond acceptors (Lipinski definition) is 36. The van der Waals surface area contributed by atoms with E-state index in [0.29, 0.717) is 0 Å². The van der Waals surface area contributed by atoms with Crippen LogP contribution in [0.3, 0.4) is 0 Å². The van der Waals surface area contributed by atoms with Crippen molar-refractivity contribution < 1.29 is 120 Å². The zero-order valence-electron chi connectivity index (χ0n) is 46.7. The van der Waals surface area contributed by atoms with E-state index in [0.717, 1.165) is 53.4 Å². The molecule has 12 heterocycles. The Morgan fingerprint density at radius 1 is 0.391 bits per heavy atom. The van der Waals surface area contributed by atoms with E-state index in [1.54, 1.807) is 0 Å². The summed E-state index contributed by atoms with van der Waals surface area (Å²) < 4.78 is 120. The van der Waals surface area contributed by atoms with E-state index in [1.165, 1.54) is 15.5 Å². The number of aliphatic hydroxyl groups excluding tert-OH is 5. The maximum Gasteiger partial charge on any atom is 0.472 e. The number of nitrogen functional groups attached to an aromatic ring is 4. The maximum atomic E-state index is 14.1. The number of nitrogens with two attached hydrogens (primary N) is 4. The van der Waals surface area contributed by atoms with E-state index in [1.807, 2.05) is 0 Å². The highest BCUT2D eigenvalue weighted by Gasteiger charge is 2.54. The Labute approximate surface area is 512 Å². The van der Waals surface area contributed by atoms with E-state index >= 15 is 0 Å². The Balaban J connectivity index is 0.718. The number of nitrogens with zero attached hydrogens (tertiary/aromatic N) is 16. The Morgan fingerprint density at radius 2 is 0.696 bits per heavy atom. The molecule has 8 aromatic heterocycles. The molecule has 0 saturated carbocycles. The molecular weight excluding hydrogens is 1320 g/mol. The van der Waals surface area contributed by atoms with Gasteiger partial charge in [-0.05, 0) is 0 Å². The zero-order chi connectivity index (χ0) is 65.3. The highest BCUT2D eigenvalue weighted by molar-refractivity contribution is 7.53. The van der Waals surface area contributed by atoms with Gasteiger partial charge in [0.05, 0.1) is 51.7 Å². The number of phosphoric ester groups is 1. The molecule has 0 spiro atoms. The lowest BCUT2D eigenvalue weighted by Crippen LogP contribution is -2.37. The van der Waals surface area contributed by atoms with E-state index in [4.69, 9.17) is 74.2 Å². The average molecular weight is 1380 g/mol. The van der Waals surface area contributed by atoms with E-state index < -0.39 is 174 Å². The molecule has 0 bridgehead atoms. The fraction of sp³-hybridized carbons (Fsp3) is 0.535. The topological polar surface area (TPSA) is 651 Å². The van der Waals surface area contributed by atoms with Gasteiger partial charge in [-0.1, -0.05) is 0 Å². The summed E-state index contributed by atoms with van der Waals surface area (Å²) in [6.45, 7) is -3.11. The predicted octanol–water partition coefficient (Wildman–Crippen LogP) is -4.19. The van der Waals surface area contributed by atoms with Crippen molar-refractivity contribution >= 4 is 98.5 Å². The zero-order valence-corrected chi connectivity index (χ0v) is 50.2. The van der Waals surface area contributed by atoms with Crippen molar-refractivity contribution in [1.29, 1.82) is 0 Å². The summed E-state index contributed by atoms with van der Waals surface area (Å²) in [5.41, 5.74) is 24.3. The van der Waals surface area contributed by atoms with Gasteiger partial charge in [-0.2, -0.15) is 0 Å². The molecule has 498 valence electrons. The van der Waals surface area contributed by atoms with Gasteiger partial charge in [0.2, 0.25) is 0 Å². The van der Waals surface area contributed by atoms with Crippen LogP contribution in [0.15, 0.2) is 50.6 Å². The van der Waals surface area contributed by atoms with E-state index in [2.05, 4.69) is 59.8 Å². The molecule has 0 amide bonds. The van der Waals surface area contributed by atoms with Gasteiger partial charge in [0.1, 0.15) is 140 Å². The van der Waals surface area contributed by atoms with Crippen LogP contribution in [0, 0.1) is 0 Å². The third-order valence-electron chi connectivity index (χ3n) is 14.8. The van der Waals surface area contributed by atoms with Crippen molar-refractivity contribution in [3.63, 3.8) is 0 Å². The van der Waals surface area contributed by atoms with Crippen LogP contribution in [0.4, 0.5) is 23.3 Å². The van der Waals surface area contributed by atoms with Crippen molar-refractivity contribution in [3.05, 3.63) is 50.6 Å². The molecular formula is C43H56N20O25P4. The molecule has 4 fully saturated rings. The lowest BCUT2D eigenvalue weighted by Gasteiger charge is -2.25. The van der Waals surface area contributed by atoms with Gasteiger partial charge in [-0.25, -0.2) is 64.4 Å². The Bertz CT molecular complexity index is 4210. The van der Waals surface area contributed by atoms with Gasteiger partial charge < -0.3 is 106 Å². The minimum atomic E-state index is -5.48. The molecule has 3 unspecified atom stereocenters. The normalized spacial score (nSPS) is 30.7. The fourth-order valence-corrected chi connectivity index (χ4v) is 13.8. The molecule has 12 rings (SSSR count). The van der Waals surface area contributed by atoms with Crippen LogP contribution in [0.1, 0.15) is 24.9 Å². The SMILES string of the molecule is Nc1ncnc2c1ncn2[C@@H]1O[C@H](COCP(=O)(O)O[C@@H]2[C@@H](O)[C@@H](COCP(=O)(O)O[C@@H]3[C@H](O)[C@@H](COP(=O)(O)O[C@@H]4[C@@H](O)[C@@H](COCP(=O)(O)O)O[C@H]4n4cnc5c(N)ncnc54)O[C@H]3n3cnc4c(N)ncnc43)O[C@H]2n2cnc3c(N)ncnc32)[C@H](O)[C@H]1O. The van der Waals surface area contributed by atoms with E-state index in [9.17, 15) is 68.3 Å². The Morgan fingerprint density at radius 3 is 1.05 bits per heavy atom. The first-order valence-electron chi connectivity index (χ1n) is 26.8. The van der Waals surface area contributed by atoms with Crippen LogP contribution in [-0.2, 0) is 69.5 Å².